The standard InChI is InChI=1S/C8H9Cl2N.C2H6/c1-11(2)8-4-6(9)3-7(10)5-8;1-2/h3-5H,1-2H3;1-2H3. The molecule has 0 atom stereocenters. The molecule has 0 N–H and O–H groups in total. The van der Waals surface area contributed by atoms with Crippen LogP contribution in [0.5, 0.6) is 0 Å². The number of hydrogen-bond acceptors (Lipinski definition) is 1. The van der Waals surface area contributed by atoms with Crippen molar-refractivity contribution in [2.75, 3.05) is 19.0 Å². The van der Waals surface area contributed by atoms with Gasteiger partial charge in [0.15, 0.2) is 0 Å². The van der Waals surface area contributed by atoms with Gasteiger partial charge in [0.05, 0.1) is 0 Å². The van der Waals surface area contributed by atoms with Crippen molar-refractivity contribution in [2.45, 2.75) is 13.8 Å². The summed E-state index contributed by atoms with van der Waals surface area (Å²) in [5.41, 5.74) is 1.02. The average Bonchev–Trinajstić information content (AvgIpc) is 2.06. The second-order valence-electron chi connectivity index (χ2n) is 2.52. The first-order valence-electron chi connectivity index (χ1n) is 4.23. The Labute approximate surface area is 90.3 Å². The quantitative estimate of drug-likeness (QED) is 0.689. The Morgan fingerprint density at radius 1 is 0.923 bits per heavy atom. The summed E-state index contributed by atoms with van der Waals surface area (Å²) in [6.45, 7) is 4.00. The van der Waals surface area contributed by atoms with Crippen molar-refractivity contribution in [3.63, 3.8) is 0 Å². The number of halogens is 2. The van der Waals surface area contributed by atoms with E-state index < -0.39 is 0 Å². The predicted molar refractivity (Wildman–Crippen MR) is 62.1 cm³/mol. The van der Waals surface area contributed by atoms with E-state index in [-0.39, 0.29) is 0 Å². The van der Waals surface area contributed by atoms with Crippen molar-refractivity contribution >= 4 is 28.9 Å². The molecule has 74 valence electrons. The minimum Gasteiger partial charge on any atom is -0.378 e. The van der Waals surface area contributed by atoms with Crippen LogP contribution in [-0.2, 0) is 0 Å². The fourth-order valence-electron chi connectivity index (χ4n) is 0.797. The monoisotopic (exact) mass is 219 g/mol. The molecule has 3 heteroatoms. The predicted octanol–water partition coefficient (Wildman–Crippen LogP) is 4.09. The minimum atomic E-state index is 0.668. The summed E-state index contributed by atoms with van der Waals surface area (Å²) in [4.78, 5) is 1.96. The van der Waals surface area contributed by atoms with E-state index in [1.165, 1.54) is 0 Å². The van der Waals surface area contributed by atoms with Crippen molar-refractivity contribution in [3.05, 3.63) is 28.2 Å². The molecule has 1 rings (SSSR count). The van der Waals surface area contributed by atoms with Gasteiger partial charge in [-0.1, -0.05) is 37.0 Å². The molecule has 0 saturated carbocycles. The van der Waals surface area contributed by atoms with Crippen LogP contribution in [0, 0.1) is 0 Å². The van der Waals surface area contributed by atoms with Gasteiger partial charge in [-0.2, -0.15) is 0 Å². The lowest BCUT2D eigenvalue weighted by atomic mass is 10.3. The van der Waals surface area contributed by atoms with E-state index in [1.807, 2.05) is 45.0 Å². The molecule has 13 heavy (non-hydrogen) atoms. The van der Waals surface area contributed by atoms with Crippen LogP contribution in [0.4, 0.5) is 5.69 Å². The minimum absolute atomic E-state index is 0.668. The molecular formula is C10H15Cl2N. The summed E-state index contributed by atoms with van der Waals surface area (Å²) in [6, 6.07) is 5.46. The Bertz CT molecular complexity index is 239. The maximum absolute atomic E-state index is 5.78. The smallest absolute Gasteiger partial charge is 0.0441 e. The van der Waals surface area contributed by atoms with E-state index in [9.17, 15) is 0 Å². The Balaban J connectivity index is 0.000000671. The maximum Gasteiger partial charge on any atom is 0.0441 e. The van der Waals surface area contributed by atoms with Crippen LogP contribution in [0.2, 0.25) is 10.0 Å². The lowest BCUT2D eigenvalue weighted by Gasteiger charge is -2.12. The molecule has 0 aliphatic heterocycles. The number of benzene rings is 1. The molecule has 0 spiro atoms. The van der Waals surface area contributed by atoms with Crippen LogP contribution in [0.25, 0.3) is 0 Å². The van der Waals surface area contributed by atoms with Gasteiger partial charge in [-0.25, -0.2) is 0 Å². The highest BCUT2D eigenvalue weighted by atomic mass is 35.5. The van der Waals surface area contributed by atoms with Crippen molar-refractivity contribution < 1.29 is 0 Å². The molecule has 0 aromatic heterocycles. The highest BCUT2D eigenvalue weighted by molar-refractivity contribution is 6.35. The topological polar surface area (TPSA) is 3.24 Å². The van der Waals surface area contributed by atoms with Crippen LogP contribution in [-0.4, -0.2) is 14.1 Å². The number of hydrogen-bond donors (Lipinski definition) is 0. The first kappa shape index (κ1) is 12.6. The Kier molecular flexibility index (Phi) is 5.93. The van der Waals surface area contributed by atoms with Gasteiger partial charge in [-0.15, -0.1) is 0 Å². The molecule has 0 bridgehead atoms. The van der Waals surface area contributed by atoms with Crippen LogP contribution < -0.4 is 4.90 Å². The largest absolute Gasteiger partial charge is 0.378 e. The highest BCUT2D eigenvalue weighted by Gasteiger charge is 1.98. The fraction of sp³-hybridized carbons (Fsp3) is 0.400. The van der Waals surface area contributed by atoms with E-state index in [4.69, 9.17) is 23.2 Å². The Morgan fingerprint density at radius 2 is 1.31 bits per heavy atom. The van der Waals surface area contributed by atoms with Gasteiger partial charge in [0.25, 0.3) is 0 Å². The van der Waals surface area contributed by atoms with Gasteiger partial charge in [-0.3, -0.25) is 0 Å². The zero-order valence-electron chi connectivity index (χ0n) is 8.44. The molecule has 1 aromatic rings. The molecule has 0 unspecified atom stereocenters. The van der Waals surface area contributed by atoms with Gasteiger partial charge in [-0.05, 0) is 18.2 Å². The first-order chi connectivity index (χ1) is 6.09. The maximum atomic E-state index is 5.78. The first-order valence-corrected chi connectivity index (χ1v) is 4.98. The van der Waals surface area contributed by atoms with Gasteiger partial charge in [0, 0.05) is 29.8 Å². The summed E-state index contributed by atoms with van der Waals surface area (Å²) in [7, 11) is 3.89. The second-order valence-corrected chi connectivity index (χ2v) is 3.39. The molecular weight excluding hydrogens is 205 g/mol. The average molecular weight is 220 g/mol. The molecule has 0 heterocycles. The molecule has 0 fully saturated rings. The SMILES string of the molecule is CC.CN(C)c1cc(Cl)cc(Cl)c1. The van der Waals surface area contributed by atoms with E-state index in [1.54, 1.807) is 6.07 Å². The second kappa shape index (κ2) is 6.11. The molecule has 0 aliphatic carbocycles. The normalized spacial score (nSPS) is 8.77. The van der Waals surface area contributed by atoms with E-state index in [0.29, 0.717) is 10.0 Å². The molecule has 0 amide bonds. The third kappa shape index (κ3) is 4.39. The molecule has 0 radical (unpaired) electrons. The van der Waals surface area contributed by atoms with Gasteiger partial charge in [0.2, 0.25) is 0 Å². The highest BCUT2D eigenvalue weighted by Crippen LogP contribution is 2.23. The summed E-state index contributed by atoms with van der Waals surface area (Å²) < 4.78 is 0. The lowest BCUT2D eigenvalue weighted by molar-refractivity contribution is 1.13. The third-order valence-electron chi connectivity index (χ3n) is 1.36. The summed E-state index contributed by atoms with van der Waals surface area (Å²) in [5, 5.41) is 1.34. The Hall–Kier alpha value is -0.400. The van der Waals surface area contributed by atoms with Crippen molar-refractivity contribution in [3.8, 4) is 0 Å². The van der Waals surface area contributed by atoms with Crippen molar-refractivity contribution in [2.24, 2.45) is 0 Å². The summed E-state index contributed by atoms with van der Waals surface area (Å²) in [5.74, 6) is 0. The zero-order chi connectivity index (χ0) is 10.4. The van der Waals surface area contributed by atoms with Crippen LogP contribution >= 0.6 is 23.2 Å². The molecule has 0 saturated heterocycles. The van der Waals surface area contributed by atoms with Crippen molar-refractivity contribution in [1.29, 1.82) is 0 Å². The lowest BCUT2D eigenvalue weighted by Crippen LogP contribution is -2.08. The number of anilines is 1. The van der Waals surface area contributed by atoms with E-state index in [2.05, 4.69) is 0 Å². The van der Waals surface area contributed by atoms with Crippen molar-refractivity contribution in [1.82, 2.24) is 0 Å². The van der Waals surface area contributed by atoms with Crippen LogP contribution in [0.15, 0.2) is 18.2 Å². The van der Waals surface area contributed by atoms with Gasteiger partial charge >= 0.3 is 0 Å². The van der Waals surface area contributed by atoms with Crippen LogP contribution in [0.1, 0.15) is 13.8 Å². The molecule has 1 nitrogen and oxygen atoms in total. The Morgan fingerprint density at radius 3 is 1.62 bits per heavy atom. The van der Waals surface area contributed by atoms with E-state index in [0.717, 1.165) is 5.69 Å². The zero-order valence-corrected chi connectivity index (χ0v) is 9.95. The molecule has 1 aromatic carbocycles. The number of rotatable bonds is 1. The fourth-order valence-corrected chi connectivity index (χ4v) is 1.31. The summed E-state index contributed by atoms with van der Waals surface area (Å²) >= 11 is 11.6. The summed E-state index contributed by atoms with van der Waals surface area (Å²) in [6.07, 6.45) is 0. The van der Waals surface area contributed by atoms with Gasteiger partial charge < -0.3 is 4.90 Å². The third-order valence-corrected chi connectivity index (χ3v) is 1.80. The number of nitrogens with zero attached hydrogens (tertiary/aromatic N) is 1. The van der Waals surface area contributed by atoms with Crippen LogP contribution in [0.3, 0.4) is 0 Å². The van der Waals surface area contributed by atoms with E-state index >= 15 is 0 Å². The van der Waals surface area contributed by atoms with Gasteiger partial charge in [0.1, 0.15) is 0 Å². The molecule has 0 aliphatic rings.